The Balaban J connectivity index is 1.39. The Morgan fingerprint density at radius 2 is 2.00 bits per heavy atom. The van der Waals surface area contributed by atoms with E-state index < -0.39 is 47.1 Å². The highest BCUT2D eigenvalue weighted by molar-refractivity contribution is 8.01. The first kappa shape index (κ1) is 29.5. The van der Waals surface area contributed by atoms with Gasteiger partial charge in [-0.25, -0.2) is 24.4 Å². The number of aromatic nitrogens is 5. The van der Waals surface area contributed by atoms with E-state index in [0.717, 1.165) is 38.7 Å². The molecule has 0 unspecified atom stereocenters. The van der Waals surface area contributed by atoms with E-state index in [-0.39, 0.29) is 50.3 Å². The summed E-state index contributed by atoms with van der Waals surface area (Å²) >= 11 is 3.12. The number of carbonyl (C=O) groups is 5. The maximum atomic E-state index is 13.2. The number of nitrogens with zero attached hydrogens (tertiary/aromatic N) is 7. The summed E-state index contributed by atoms with van der Waals surface area (Å²) in [5.74, 6) is -5.37. The van der Waals surface area contributed by atoms with E-state index >= 15 is 0 Å². The smallest absolute Gasteiger partial charge is 0.478 e. The Bertz CT molecular complexity index is 1750. The molecule has 5 rings (SSSR count). The number of thiazole rings is 1. The Kier molecular flexibility index (Phi) is 8.06. The second-order valence-corrected chi connectivity index (χ2v) is 11.3. The van der Waals surface area contributed by atoms with Gasteiger partial charge in [0.2, 0.25) is 5.88 Å². The molecule has 6 N–H and O–H groups in total. The van der Waals surface area contributed by atoms with Gasteiger partial charge in [0.05, 0.1) is 0 Å². The fraction of sp³-hybridized carbons (Fsp3) is 0.238. The zero-order chi connectivity index (χ0) is 31.0. The molecular formula is C21H17N9O10S3. The summed E-state index contributed by atoms with van der Waals surface area (Å²) in [5, 5.41) is 39.2. The number of oxime groups is 1. The van der Waals surface area contributed by atoms with E-state index in [9.17, 15) is 39.3 Å². The molecule has 0 spiro atoms. The molecule has 0 bridgehead atoms. The molecule has 224 valence electrons. The first-order valence-corrected chi connectivity index (χ1v) is 14.5. The van der Waals surface area contributed by atoms with Crippen molar-refractivity contribution < 1.29 is 48.9 Å². The third kappa shape index (κ3) is 5.61. The molecule has 43 heavy (non-hydrogen) atoms. The summed E-state index contributed by atoms with van der Waals surface area (Å²) in [6.07, 6.45) is -0.721. The standard InChI is InChI=1S/C21H17N9O10S3/c1-39-28-9(8-5-43-19(22)24-8)12(31)25-10-13(32)29-14(40-21(37)38)6(4-42-16(10)29)3-41-15-7(17(33)34)2-23-20-26-11(18(35)36)27-30(15)20/h2,5,10,16H,3-4H2,1H3,(H2,22,24)(H,25,31)(H,33,34)(H,35,36)(H,37,38)/b28-9-/t10-,16-/m1/s1. The maximum absolute atomic E-state index is 13.2. The van der Waals surface area contributed by atoms with Gasteiger partial charge in [0.15, 0.2) is 10.8 Å². The van der Waals surface area contributed by atoms with Gasteiger partial charge in [-0.15, -0.1) is 40.0 Å². The zero-order valence-corrected chi connectivity index (χ0v) is 23.8. The molecule has 0 saturated carbocycles. The molecule has 19 nitrogen and oxygen atoms in total. The molecule has 1 saturated heterocycles. The lowest BCUT2D eigenvalue weighted by Gasteiger charge is -2.49. The third-order valence-electron chi connectivity index (χ3n) is 5.75. The third-order valence-corrected chi connectivity index (χ3v) is 8.92. The minimum atomic E-state index is -1.71. The first-order chi connectivity index (χ1) is 20.5. The summed E-state index contributed by atoms with van der Waals surface area (Å²) in [7, 11) is 1.22. The lowest BCUT2D eigenvalue weighted by atomic mass is 10.1. The van der Waals surface area contributed by atoms with Crippen LogP contribution in [0.1, 0.15) is 26.7 Å². The van der Waals surface area contributed by atoms with Crippen molar-refractivity contribution in [1.29, 1.82) is 0 Å². The highest BCUT2D eigenvalue weighted by atomic mass is 32.2. The number of fused-ring (bicyclic) bond motifs is 2. The van der Waals surface area contributed by atoms with Crippen molar-refractivity contribution in [2.24, 2.45) is 5.16 Å². The van der Waals surface area contributed by atoms with Crippen LogP contribution in [-0.2, 0) is 19.2 Å². The summed E-state index contributed by atoms with van der Waals surface area (Å²) < 4.78 is 5.91. The Morgan fingerprint density at radius 1 is 1.23 bits per heavy atom. The van der Waals surface area contributed by atoms with Gasteiger partial charge in [-0.1, -0.05) is 5.16 Å². The summed E-state index contributed by atoms with van der Waals surface area (Å²) in [5.41, 5.74) is 5.52. The van der Waals surface area contributed by atoms with Gasteiger partial charge in [0, 0.05) is 28.7 Å². The van der Waals surface area contributed by atoms with Crippen molar-refractivity contribution in [1.82, 2.24) is 34.8 Å². The van der Waals surface area contributed by atoms with E-state index in [1.54, 1.807) is 0 Å². The second-order valence-electron chi connectivity index (χ2n) is 8.35. The van der Waals surface area contributed by atoms with Gasteiger partial charge < -0.3 is 35.9 Å². The van der Waals surface area contributed by atoms with Crippen LogP contribution in [0.25, 0.3) is 5.78 Å². The van der Waals surface area contributed by atoms with Crippen molar-refractivity contribution in [3.63, 3.8) is 0 Å². The SMILES string of the molecule is CO/N=C(\C(=O)N[C@@H]1C(=O)N2C(OC(=O)O)=C(CSc3c(C(=O)O)cnc4nc(C(=O)O)nn34)CS[C@H]12)c1csc(N)n1. The van der Waals surface area contributed by atoms with Crippen molar-refractivity contribution in [3.8, 4) is 0 Å². The predicted molar refractivity (Wildman–Crippen MR) is 147 cm³/mol. The molecule has 0 radical (unpaired) electrons. The number of carbonyl (C=O) groups excluding carboxylic acids is 2. The minimum Gasteiger partial charge on any atom is -0.478 e. The van der Waals surface area contributed by atoms with E-state index in [0.29, 0.717) is 5.57 Å². The number of rotatable bonds is 10. The molecule has 5 heterocycles. The van der Waals surface area contributed by atoms with Crippen molar-refractivity contribution in [2.45, 2.75) is 16.4 Å². The highest BCUT2D eigenvalue weighted by Crippen LogP contribution is 2.42. The van der Waals surface area contributed by atoms with Crippen LogP contribution in [0.2, 0.25) is 0 Å². The molecule has 22 heteroatoms. The fourth-order valence-corrected chi connectivity index (χ4v) is 7.03. The number of nitrogens with two attached hydrogens (primary N) is 1. The molecule has 2 aliphatic rings. The van der Waals surface area contributed by atoms with E-state index in [4.69, 9.17) is 15.3 Å². The topological polar surface area (TPSA) is 274 Å². The average molecular weight is 652 g/mol. The predicted octanol–water partition coefficient (Wildman–Crippen LogP) is 0.00830. The number of nitrogens with one attached hydrogen (secondary N) is 1. The van der Waals surface area contributed by atoms with Crippen LogP contribution in [0.5, 0.6) is 0 Å². The van der Waals surface area contributed by atoms with Gasteiger partial charge in [0.1, 0.15) is 34.8 Å². The highest BCUT2D eigenvalue weighted by Gasteiger charge is 2.54. The zero-order valence-electron chi connectivity index (χ0n) is 21.4. The second kappa shape index (κ2) is 11.7. The largest absolute Gasteiger partial charge is 0.512 e. The Morgan fingerprint density at radius 3 is 2.63 bits per heavy atom. The molecule has 0 aromatic carbocycles. The van der Waals surface area contributed by atoms with Gasteiger partial charge in [-0.2, -0.15) is 9.50 Å². The van der Waals surface area contributed by atoms with Crippen molar-refractivity contribution in [2.75, 3.05) is 24.3 Å². The Labute approximate surface area is 250 Å². The molecule has 3 aromatic rings. The Hall–Kier alpha value is -4.96. The van der Waals surface area contributed by atoms with E-state index in [1.165, 1.54) is 24.3 Å². The fourth-order valence-electron chi connectivity index (χ4n) is 3.96. The average Bonchev–Trinajstić information content (AvgIpc) is 3.59. The number of nitrogen functional groups attached to an aromatic ring is 1. The van der Waals surface area contributed by atoms with Crippen LogP contribution in [0.3, 0.4) is 0 Å². The number of thioether (sulfide) groups is 2. The van der Waals surface area contributed by atoms with Crippen LogP contribution in [0, 0.1) is 0 Å². The minimum absolute atomic E-state index is 0.0421. The van der Waals surface area contributed by atoms with Crippen molar-refractivity contribution in [3.05, 3.63) is 40.1 Å². The molecule has 2 amide bonds. The summed E-state index contributed by atoms with van der Waals surface area (Å²) in [4.78, 5) is 78.2. The number of carboxylic acids is 2. The monoisotopic (exact) mass is 651 g/mol. The molecule has 3 aromatic heterocycles. The maximum Gasteiger partial charge on any atom is 0.512 e. The number of hydrogen-bond donors (Lipinski definition) is 5. The summed E-state index contributed by atoms with van der Waals surface area (Å²) in [6, 6.07) is -1.08. The first-order valence-electron chi connectivity index (χ1n) is 11.6. The van der Waals surface area contributed by atoms with Crippen LogP contribution >= 0.6 is 34.9 Å². The lowest BCUT2D eigenvalue weighted by Crippen LogP contribution is -2.70. The number of amides is 2. The van der Waals surface area contributed by atoms with Crippen molar-refractivity contribution >= 4 is 81.4 Å². The molecule has 1 fully saturated rings. The van der Waals surface area contributed by atoms with Gasteiger partial charge in [0.25, 0.3) is 23.4 Å². The number of hydrogen-bond acceptors (Lipinski definition) is 16. The van der Waals surface area contributed by atoms with Gasteiger partial charge in [-0.3, -0.25) is 14.5 Å². The van der Waals surface area contributed by atoms with E-state index in [2.05, 4.69) is 30.5 Å². The number of anilines is 1. The number of ether oxygens (including phenoxy) is 1. The van der Waals surface area contributed by atoms with Gasteiger partial charge >= 0.3 is 18.1 Å². The number of aromatic carboxylic acids is 2. The quantitative estimate of drug-likeness (QED) is 0.0482. The molecule has 0 aliphatic carbocycles. The molecular weight excluding hydrogens is 634 g/mol. The van der Waals surface area contributed by atoms with Crippen LogP contribution in [-0.4, -0.2) is 110 Å². The molecule has 2 atom stereocenters. The normalized spacial score (nSPS) is 18.2. The van der Waals surface area contributed by atoms with E-state index in [1.807, 2.05) is 0 Å². The van der Waals surface area contributed by atoms with Crippen LogP contribution in [0.15, 0.2) is 33.2 Å². The van der Waals surface area contributed by atoms with Crippen LogP contribution < -0.4 is 11.1 Å². The molecule has 2 aliphatic heterocycles. The number of carboxylic acid groups (broad SMARTS) is 3. The summed E-state index contributed by atoms with van der Waals surface area (Å²) in [6.45, 7) is 0. The van der Waals surface area contributed by atoms with Crippen LogP contribution in [0.4, 0.5) is 9.93 Å². The lowest BCUT2D eigenvalue weighted by molar-refractivity contribution is -0.148. The van der Waals surface area contributed by atoms with Gasteiger partial charge in [-0.05, 0) is 0 Å². The number of β-lactam (4-membered cyclic amide) rings is 1.